The van der Waals surface area contributed by atoms with Crippen molar-refractivity contribution in [2.24, 2.45) is 5.92 Å². The van der Waals surface area contributed by atoms with Crippen molar-refractivity contribution in [2.45, 2.75) is 22.6 Å². The van der Waals surface area contributed by atoms with Crippen molar-refractivity contribution in [3.8, 4) is 0 Å². The van der Waals surface area contributed by atoms with Crippen molar-refractivity contribution >= 4 is 81.0 Å². The number of carbonyl (C=O) groups excluding carboxylic acids is 1. The molecule has 1 aliphatic heterocycles. The van der Waals surface area contributed by atoms with Crippen LogP contribution in [0.3, 0.4) is 0 Å². The number of hydrogen-bond acceptors (Lipinski definition) is 4. The molecule has 0 radical (unpaired) electrons. The van der Waals surface area contributed by atoms with Gasteiger partial charge in [-0.05, 0) is 60.2 Å². The van der Waals surface area contributed by atoms with E-state index in [-0.39, 0.29) is 46.1 Å². The van der Waals surface area contributed by atoms with Crippen molar-refractivity contribution in [2.75, 3.05) is 16.4 Å². The maximum absolute atomic E-state index is 13.3. The Morgan fingerprint density at radius 2 is 1.71 bits per heavy atom. The molecule has 0 spiro atoms. The standard InChI is InChI=1S/C24H17Cl5FN3O2/c25-11-5-10(6-12(26)7-11)19-20(24(19,28)29)21-23(35-21)32-14-2-3-16(27)15(9-14)22(34)33-18-4-1-13(30)8-17(18)31/h1-9,19-21,23,32H,31H2,(H,33,34)/t19-,20+,21?,23+/m0/s1. The highest BCUT2D eigenvalue weighted by Crippen LogP contribution is 2.69. The zero-order chi connectivity index (χ0) is 25.1. The number of carbonyl (C=O) groups is 1. The second kappa shape index (κ2) is 9.18. The van der Waals surface area contributed by atoms with Gasteiger partial charge in [0, 0.05) is 27.6 Å². The fourth-order valence-electron chi connectivity index (χ4n) is 4.25. The van der Waals surface area contributed by atoms with Crippen LogP contribution in [0.1, 0.15) is 21.8 Å². The van der Waals surface area contributed by atoms with Gasteiger partial charge in [0.15, 0.2) is 6.23 Å². The van der Waals surface area contributed by atoms with Gasteiger partial charge in [0.25, 0.3) is 5.91 Å². The van der Waals surface area contributed by atoms with E-state index in [1.165, 1.54) is 12.1 Å². The highest BCUT2D eigenvalue weighted by atomic mass is 35.5. The fraction of sp³-hybridized carbons (Fsp3) is 0.208. The van der Waals surface area contributed by atoms with Crippen LogP contribution in [0.5, 0.6) is 0 Å². The van der Waals surface area contributed by atoms with E-state index in [0.717, 1.165) is 11.6 Å². The fourth-order valence-corrected chi connectivity index (χ4v) is 5.89. The number of halogens is 6. The molecule has 0 bridgehead atoms. The van der Waals surface area contributed by atoms with Gasteiger partial charge in [0.05, 0.1) is 22.0 Å². The molecule has 1 saturated carbocycles. The van der Waals surface area contributed by atoms with E-state index in [1.54, 1.807) is 36.4 Å². The molecule has 1 amide bonds. The molecular formula is C24H17Cl5FN3O2. The molecule has 4 atom stereocenters. The molecule has 5 nitrogen and oxygen atoms in total. The predicted octanol–water partition coefficient (Wildman–Crippen LogP) is 7.34. The Hall–Kier alpha value is -1.93. The van der Waals surface area contributed by atoms with Crippen molar-refractivity contribution in [1.29, 1.82) is 0 Å². The average molecular weight is 576 g/mol. The number of rotatable bonds is 6. The summed E-state index contributed by atoms with van der Waals surface area (Å²) in [5, 5.41) is 7.11. The summed E-state index contributed by atoms with van der Waals surface area (Å²) in [6, 6.07) is 13.8. The number of nitrogens with two attached hydrogens (primary N) is 1. The molecule has 0 aromatic heterocycles. The number of nitrogens with one attached hydrogen (secondary N) is 2. The van der Waals surface area contributed by atoms with Gasteiger partial charge in [0.1, 0.15) is 16.3 Å². The van der Waals surface area contributed by atoms with E-state index >= 15 is 0 Å². The van der Waals surface area contributed by atoms with E-state index < -0.39 is 16.1 Å². The van der Waals surface area contributed by atoms with Crippen LogP contribution in [0.4, 0.5) is 21.5 Å². The third-order valence-corrected chi connectivity index (χ3v) is 7.75. The molecule has 1 aliphatic carbocycles. The van der Waals surface area contributed by atoms with Crippen molar-refractivity contribution in [1.82, 2.24) is 0 Å². The number of nitrogen functional groups attached to an aromatic ring is 1. The van der Waals surface area contributed by atoms with E-state index in [9.17, 15) is 9.18 Å². The lowest BCUT2D eigenvalue weighted by molar-refractivity contribution is 0.102. The summed E-state index contributed by atoms with van der Waals surface area (Å²) in [5.74, 6) is -1.36. The lowest BCUT2D eigenvalue weighted by Gasteiger charge is -2.11. The smallest absolute Gasteiger partial charge is 0.257 e. The molecular weight excluding hydrogens is 559 g/mol. The zero-order valence-corrected chi connectivity index (χ0v) is 21.4. The Bertz CT molecular complexity index is 1320. The second-order valence-corrected chi connectivity index (χ2v) is 11.2. The first-order valence-corrected chi connectivity index (χ1v) is 12.4. The van der Waals surface area contributed by atoms with Gasteiger partial charge >= 0.3 is 0 Å². The first kappa shape index (κ1) is 24.8. The van der Waals surface area contributed by atoms with Gasteiger partial charge in [-0.25, -0.2) is 4.39 Å². The molecule has 11 heteroatoms. The Morgan fingerprint density at radius 1 is 1.00 bits per heavy atom. The van der Waals surface area contributed by atoms with Gasteiger partial charge in [-0.3, -0.25) is 4.79 Å². The minimum Gasteiger partial charge on any atom is -0.397 e. The number of anilines is 3. The molecule has 3 aromatic rings. The van der Waals surface area contributed by atoms with Crippen molar-refractivity contribution < 1.29 is 13.9 Å². The summed E-state index contributed by atoms with van der Waals surface area (Å²) in [7, 11) is 0. The van der Waals surface area contributed by atoms with Crippen LogP contribution >= 0.6 is 58.0 Å². The summed E-state index contributed by atoms with van der Waals surface area (Å²) < 4.78 is 18.1. The Kier molecular flexibility index (Phi) is 6.49. The molecule has 5 rings (SSSR count). The lowest BCUT2D eigenvalue weighted by Crippen LogP contribution is -2.15. The minimum absolute atomic E-state index is 0.101. The van der Waals surface area contributed by atoms with Gasteiger partial charge in [0.2, 0.25) is 0 Å². The topological polar surface area (TPSA) is 79.7 Å². The summed E-state index contributed by atoms with van der Waals surface area (Å²) >= 11 is 31.7. The second-order valence-electron chi connectivity index (χ2n) is 8.43. The van der Waals surface area contributed by atoms with Crippen LogP contribution in [-0.2, 0) is 4.74 Å². The Morgan fingerprint density at radius 3 is 2.40 bits per heavy atom. The lowest BCUT2D eigenvalue weighted by atomic mass is 10.1. The largest absolute Gasteiger partial charge is 0.397 e. The van der Waals surface area contributed by atoms with Crippen LogP contribution in [0, 0.1) is 11.7 Å². The third-order valence-electron chi connectivity index (χ3n) is 6.01. The summed E-state index contributed by atoms with van der Waals surface area (Å²) in [4.78, 5) is 12.8. The normalized spacial score (nSPS) is 24.1. The summed E-state index contributed by atoms with van der Waals surface area (Å²) in [6.07, 6.45) is -0.610. The average Bonchev–Trinajstić information content (AvgIpc) is 3.64. The Balaban J connectivity index is 1.27. The first-order valence-electron chi connectivity index (χ1n) is 10.5. The SMILES string of the molecule is Nc1cc(F)ccc1NC(=O)c1cc(N[C@@H]2OC2[C@H]2[C@H](c3cc(Cl)cc(Cl)c3)C2(Cl)Cl)ccc1Cl. The van der Waals surface area contributed by atoms with Crippen LogP contribution in [0.15, 0.2) is 54.6 Å². The van der Waals surface area contributed by atoms with Crippen molar-refractivity contribution in [3.05, 3.63) is 86.6 Å². The number of benzene rings is 3. The molecule has 1 heterocycles. The van der Waals surface area contributed by atoms with Crippen LogP contribution < -0.4 is 16.4 Å². The number of ether oxygens (including phenoxy) is 1. The summed E-state index contributed by atoms with van der Waals surface area (Å²) in [5.41, 5.74) is 7.82. The van der Waals surface area contributed by atoms with Gasteiger partial charge < -0.3 is 21.1 Å². The van der Waals surface area contributed by atoms with E-state index in [1.807, 2.05) is 0 Å². The molecule has 182 valence electrons. The number of alkyl halides is 2. The highest BCUT2D eigenvalue weighted by Gasteiger charge is 2.72. The third kappa shape index (κ3) is 5.01. The quantitative estimate of drug-likeness (QED) is 0.163. The maximum Gasteiger partial charge on any atom is 0.257 e. The molecule has 1 unspecified atom stereocenters. The molecule has 2 fully saturated rings. The van der Waals surface area contributed by atoms with Crippen molar-refractivity contribution in [3.63, 3.8) is 0 Å². The number of hydrogen-bond donors (Lipinski definition) is 3. The number of epoxide rings is 1. The van der Waals surface area contributed by atoms with Crippen LogP contribution in [0.25, 0.3) is 0 Å². The molecule has 35 heavy (non-hydrogen) atoms. The monoisotopic (exact) mass is 573 g/mol. The molecule has 1 saturated heterocycles. The first-order chi connectivity index (χ1) is 16.5. The van der Waals surface area contributed by atoms with Gasteiger partial charge in [-0.15, -0.1) is 23.2 Å². The maximum atomic E-state index is 13.3. The Labute approximate surface area is 225 Å². The number of amides is 1. The van der Waals surface area contributed by atoms with Crippen LogP contribution in [0.2, 0.25) is 15.1 Å². The minimum atomic E-state index is -1.02. The highest BCUT2D eigenvalue weighted by molar-refractivity contribution is 6.52. The molecule has 4 N–H and O–H groups in total. The van der Waals surface area contributed by atoms with Crippen LogP contribution in [-0.4, -0.2) is 22.6 Å². The predicted molar refractivity (Wildman–Crippen MR) is 140 cm³/mol. The van der Waals surface area contributed by atoms with E-state index in [4.69, 9.17) is 68.5 Å². The molecule has 3 aromatic carbocycles. The van der Waals surface area contributed by atoms with E-state index in [0.29, 0.717) is 15.7 Å². The van der Waals surface area contributed by atoms with Gasteiger partial charge in [-0.2, -0.15) is 0 Å². The van der Waals surface area contributed by atoms with Gasteiger partial charge in [-0.1, -0.05) is 34.8 Å². The zero-order valence-electron chi connectivity index (χ0n) is 17.7. The van der Waals surface area contributed by atoms with E-state index in [2.05, 4.69) is 10.6 Å². The molecule has 2 aliphatic rings. The summed E-state index contributed by atoms with van der Waals surface area (Å²) in [6.45, 7) is 0.